The number of fused-ring (bicyclic) bond motifs is 1. The summed E-state index contributed by atoms with van der Waals surface area (Å²) in [6.07, 6.45) is 6.22. The summed E-state index contributed by atoms with van der Waals surface area (Å²) in [5.41, 5.74) is 1.82. The average molecular weight is 220 g/mol. The largest absolute Gasteiger partial charge is 0.504 e. The lowest BCUT2D eigenvalue weighted by Gasteiger charge is -2.23. The van der Waals surface area contributed by atoms with Gasteiger partial charge in [0, 0.05) is 11.5 Å². The fraction of sp³-hybridized carbons (Fsp3) is 0.643. The molecule has 2 rings (SSSR count). The zero-order chi connectivity index (χ0) is 11.9. The van der Waals surface area contributed by atoms with Gasteiger partial charge in [-0.15, -0.1) is 0 Å². The normalized spacial score (nSPS) is 28.8. The van der Waals surface area contributed by atoms with Gasteiger partial charge >= 0.3 is 0 Å². The number of hydrogen-bond donors (Lipinski definition) is 1. The van der Waals surface area contributed by atoms with E-state index in [4.69, 9.17) is 0 Å². The number of carbonyl (C=O) groups is 1. The summed E-state index contributed by atoms with van der Waals surface area (Å²) >= 11 is 0. The van der Waals surface area contributed by atoms with Gasteiger partial charge in [0.1, 0.15) is 0 Å². The van der Waals surface area contributed by atoms with Crippen LogP contribution in [-0.4, -0.2) is 10.9 Å². The summed E-state index contributed by atoms with van der Waals surface area (Å²) < 4.78 is 0. The monoisotopic (exact) mass is 220 g/mol. The molecule has 2 heteroatoms. The Hall–Kier alpha value is -1.05. The smallest absolute Gasteiger partial charge is 0.223 e. The number of allylic oxidation sites excluding steroid dienone is 3. The Morgan fingerprint density at radius 2 is 2.00 bits per heavy atom. The highest BCUT2D eigenvalue weighted by molar-refractivity contribution is 6.10. The number of carbonyl (C=O) groups excluding carboxylic acids is 1. The van der Waals surface area contributed by atoms with E-state index < -0.39 is 0 Å². The molecule has 0 saturated heterocycles. The minimum Gasteiger partial charge on any atom is -0.504 e. The first-order valence-electron chi connectivity index (χ1n) is 6.09. The summed E-state index contributed by atoms with van der Waals surface area (Å²) in [4.78, 5) is 12.0. The molecule has 0 aromatic carbocycles. The number of aliphatic hydroxyl groups excluding tert-OH is 1. The molecule has 0 spiro atoms. The van der Waals surface area contributed by atoms with Gasteiger partial charge in [-0.2, -0.15) is 0 Å². The Bertz CT molecular complexity index is 380. The maximum absolute atomic E-state index is 12.0. The molecule has 0 unspecified atom stereocenters. The molecule has 0 radical (unpaired) electrons. The summed E-state index contributed by atoms with van der Waals surface area (Å²) in [6.45, 7) is 6.27. The van der Waals surface area contributed by atoms with Crippen LogP contribution in [0.3, 0.4) is 0 Å². The Morgan fingerprint density at radius 3 is 2.62 bits per heavy atom. The molecule has 1 atom stereocenters. The minimum absolute atomic E-state index is 0.00182. The Labute approximate surface area is 97.0 Å². The lowest BCUT2D eigenvalue weighted by atomic mass is 9.81. The molecular formula is C14H20O2. The summed E-state index contributed by atoms with van der Waals surface area (Å²) in [5.74, 6) is 0.123. The van der Waals surface area contributed by atoms with Gasteiger partial charge in [-0.25, -0.2) is 0 Å². The highest BCUT2D eigenvalue weighted by atomic mass is 16.3. The number of Topliss-reactive ketones (excluding diaryl/α,β-unsaturated/α-hetero) is 1. The van der Waals surface area contributed by atoms with Crippen molar-refractivity contribution in [1.82, 2.24) is 0 Å². The predicted molar refractivity (Wildman–Crippen MR) is 64.2 cm³/mol. The second kappa shape index (κ2) is 3.76. The van der Waals surface area contributed by atoms with Gasteiger partial charge < -0.3 is 5.11 Å². The van der Waals surface area contributed by atoms with Crippen LogP contribution in [0, 0.1) is 11.3 Å². The average Bonchev–Trinajstić information content (AvgIpc) is 2.43. The van der Waals surface area contributed by atoms with Crippen LogP contribution in [0.15, 0.2) is 23.0 Å². The van der Waals surface area contributed by atoms with Crippen LogP contribution in [-0.2, 0) is 4.79 Å². The van der Waals surface area contributed by atoms with Crippen molar-refractivity contribution in [3.63, 3.8) is 0 Å². The quantitative estimate of drug-likeness (QED) is 0.634. The van der Waals surface area contributed by atoms with E-state index in [1.165, 1.54) is 0 Å². The molecule has 2 aliphatic carbocycles. The highest BCUT2D eigenvalue weighted by Gasteiger charge is 2.38. The molecule has 0 aromatic heterocycles. The molecule has 0 bridgehead atoms. The standard InChI is InChI=1S/C14H20O2/c1-14(2,3)8-11-9-6-4-5-7-10(9)12(15)13(11)16/h8-9,15H,4-7H2,1-3H3/b11-8-/t9-/m1/s1. The van der Waals surface area contributed by atoms with Crippen molar-refractivity contribution in [2.45, 2.75) is 46.5 Å². The third-order valence-corrected chi connectivity index (χ3v) is 3.35. The lowest BCUT2D eigenvalue weighted by Crippen LogP contribution is -2.13. The second-order valence-corrected chi connectivity index (χ2v) is 5.97. The molecule has 0 aliphatic heterocycles. The van der Waals surface area contributed by atoms with Crippen molar-refractivity contribution < 1.29 is 9.90 Å². The molecule has 0 amide bonds. The SMILES string of the molecule is CC(C)(C)/C=C1\C(=O)C(O)=C2CCCC[C@H]21. The van der Waals surface area contributed by atoms with E-state index in [1.807, 2.05) is 6.08 Å². The van der Waals surface area contributed by atoms with Gasteiger partial charge in [-0.05, 0) is 30.3 Å². The summed E-state index contributed by atoms with van der Waals surface area (Å²) in [7, 11) is 0. The zero-order valence-corrected chi connectivity index (χ0v) is 10.3. The van der Waals surface area contributed by atoms with Crippen molar-refractivity contribution in [1.29, 1.82) is 0 Å². The van der Waals surface area contributed by atoms with Gasteiger partial charge in [0.25, 0.3) is 0 Å². The van der Waals surface area contributed by atoms with Crippen LogP contribution in [0.1, 0.15) is 46.5 Å². The van der Waals surface area contributed by atoms with Gasteiger partial charge in [0.2, 0.25) is 5.78 Å². The summed E-state index contributed by atoms with van der Waals surface area (Å²) in [5, 5.41) is 9.85. The predicted octanol–water partition coefficient (Wildman–Crippen LogP) is 3.54. The minimum atomic E-state index is -0.128. The molecule has 88 valence electrons. The van der Waals surface area contributed by atoms with E-state index in [1.54, 1.807) is 0 Å². The maximum Gasteiger partial charge on any atom is 0.223 e. The summed E-state index contributed by atoms with van der Waals surface area (Å²) in [6, 6.07) is 0. The molecule has 16 heavy (non-hydrogen) atoms. The van der Waals surface area contributed by atoms with E-state index in [0.29, 0.717) is 0 Å². The molecule has 1 saturated carbocycles. The fourth-order valence-electron chi connectivity index (χ4n) is 2.71. The van der Waals surface area contributed by atoms with Crippen LogP contribution in [0.5, 0.6) is 0 Å². The van der Waals surface area contributed by atoms with E-state index in [9.17, 15) is 9.90 Å². The van der Waals surface area contributed by atoms with Gasteiger partial charge in [-0.1, -0.05) is 33.3 Å². The van der Waals surface area contributed by atoms with Crippen LogP contribution >= 0.6 is 0 Å². The van der Waals surface area contributed by atoms with E-state index in [0.717, 1.165) is 36.8 Å². The number of ketones is 1. The first-order valence-corrected chi connectivity index (χ1v) is 6.09. The Morgan fingerprint density at radius 1 is 1.31 bits per heavy atom. The van der Waals surface area contributed by atoms with Crippen LogP contribution in [0.25, 0.3) is 0 Å². The van der Waals surface area contributed by atoms with Gasteiger partial charge in [0.15, 0.2) is 5.76 Å². The van der Waals surface area contributed by atoms with Crippen molar-refractivity contribution in [3.8, 4) is 0 Å². The molecular weight excluding hydrogens is 200 g/mol. The lowest BCUT2D eigenvalue weighted by molar-refractivity contribution is -0.114. The number of rotatable bonds is 0. The first kappa shape index (κ1) is 11.4. The third-order valence-electron chi connectivity index (χ3n) is 3.35. The number of aliphatic hydroxyl groups is 1. The Balaban J connectivity index is 2.38. The van der Waals surface area contributed by atoms with Crippen molar-refractivity contribution in [3.05, 3.63) is 23.0 Å². The molecule has 0 aromatic rings. The van der Waals surface area contributed by atoms with Gasteiger partial charge in [-0.3, -0.25) is 4.79 Å². The van der Waals surface area contributed by atoms with E-state index in [2.05, 4.69) is 20.8 Å². The third kappa shape index (κ3) is 1.93. The Kier molecular flexibility index (Phi) is 2.69. The molecule has 1 N–H and O–H groups in total. The van der Waals surface area contributed by atoms with E-state index in [-0.39, 0.29) is 22.9 Å². The highest BCUT2D eigenvalue weighted by Crippen LogP contribution is 2.43. The van der Waals surface area contributed by atoms with Crippen LogP contribution < -0.4 is 0 Å². The molecule has 2 aliphatic rings. The number of hydrogen-bond acceptors (Lipinski definition) is 2. The van der Waals surface area contributed by atoms with Crippen LogP contribution in [0.4, 0.5) is 0 Å². The molecule has 0 heterocycles. The molecule has 1 fully saturated rings. The van der Waals surface area contributed by atoms with Crippen molar-refractivity contribution in [2.24, 2.45) is 11.3 Å². The zero-order valence-electron chi connectivity index (χ0n) is 10.3. The van der Waals surface area contributed by atoms with Crippen LogP contribution in [0.2, 0.25) is 0 Å². The van der Waals surface area contributed by atoms with Crippen molar-refractivity contribution >= 4 is 5.78 Å². The maximum atomic E-state index is 12.0. The first-order chi connectivity index (χ1) is 7.40. The molecule has 2 nitrogen and oxygen atoms in total. The van der Waals surface area contributed by atoms with Gasteiger partial charge in [0.05, 0.1) is 0 Å². The second-order valence-electron chi connectivity index (χ2n) is 5.97. The topological polar surface area (TPSA) is 37.3 Å². The fourth-order valence-corrected chi connectivity index (χ4v) is 2.71. The van der Waals surface area contributed by atoms with E-state index >= 15 is 0 Å². The van der Waals surface area contributed by atoms with Crippen molar-refractivity contribution in [2.75, 3.05) is 0 Å².